The van der Waals surface area contributed by atoms with E-state index in [0.29, 0.717) is 6.54 Å². The molecular weight excluding hydrogens is 244 g/mol. The molecule has 2 amide bonds. The lowest BCUT2D eigenvalue weighted by atomic mass is 10.3. The van der Waals surface area contributed by atoms with Crippen LogP contribution < -0.4 is 11.1 Å². The number of likely N-dealkylation sites (N-methyl/N-ethyl adjacent to an activating group) is 2. The van der Waals surface area contributed by atoms with Crippen LogP contribution in [0.5, 0.6) is 0 Å². The van der Waals surface area contributed by atoms with Crippen molar-refractivity contribution in [1.82, 2.24) is 5.32 Å². The van der Waals surface area contributed by atoms with Gasteiger partial charge in [0, 0.05) is 12.8 Å². The molecule has 0 rings (SSSR count). The van der Waals surface area contributed by atoms with Crippen molar-refractivity contribution in [1.29, 1.82) is 0 Å². The Hall–Kier alpha value is -1.14. The quantitative estimate of drug-likeness (QED) is 0.538. The van der Waals surface area contributed by atoms with Crippen molar-refractivity contribution >= 4 is 11.8 Å². The first-order valence-corrected chi connectivity index (χ1v) is 6.69. The standard InChI is InChI=1S/C13H28N4O2/c1-16(2,3)10-11-17(4,5)9-8-15-13(19)7-6-12(14)18/h6-11H2,1-5H3,(H-2,14,15,18,19)/p+2. The third kappa shape index (κ3) is 11.7. The van der Waals surface area contributed by atoms with Crippen molar-refractivity contribution in [3.05, 3.63) is 0 Å². The molecule has 6 nitrogen and oxygen atoms in total. The number of amides is 2. The number of nitrogens with zero attached hydrogens (tertiary/aromatic N) is 2. The van der Waals surface area contributed by atoms with Gasteiger partial charge in [-0.25, -0.2) is 0 Å². The van der Waals surface area contributed by atoms with E-state index >= 15 is 0 Å². The summed E-state index contributed by atoms with van der Waals surface area (Å²) in [5, 5.41) is 2.82. The summed E-state index contributed by atoms with van der Waals surface area (Å²) in [6, 6.07) is 0. The molecule has 0 saturated carbocycles. The Labute approximate surface area is 116 Å². The predicted octanol–water partition coefficient (Wildman–Crippen LogP) is -0.849. The number of nitrogens with two attached hydrogens (primary N) is 1. The summed E-state index contributed by atoms with van der Waals surface area (Å²) in [7, 11) is 10.8. The van der Waals surface area contributed by atoms with Crippen LogP contribution in [-0.4, -0.2) is 82.2 Å². The van der Waals surface area contributed by atoms with E-state index in [1.54, 1.807) is 0 Å². The highest BCUT2D eigenvalue weighted by Crippen LogP contribution is 1.99. The summed E-state index contributed by atoms with van der Waals surface area (Å²) in [6.07, 6.45) is 0.299. The molecule has 112 valence electrons. The average Bonchev–Trinajstić information content (AvgIpc) is 2.23. The maximum absolute atomic E-state index is 11.4. The maximum Gasteiger partial charge on any atom is 0.220 e. The summed E-state index contributed by atoms with van der Waals surface area (Å²) in [6.45, 7) is 3.65. The van der Waals surface area contributed by atoms with E-state index in [-0.39, 0.29) is 18.7 Å². The van der Waals surface area contributed by atoms with Crippen LogP contribution in [0.15, 0.2) is 0 Å². The first-order valence-electron chi connectivity index (χ1n) is 6.69. The fraction of sp³-hybridized carbons (Fsp3) is 0.846. The molecule has 0 aliphatic rings. The molecule has 0 heterocycles. The van der Waals surface area contributed by atoms with E-state index in [0.717, 1.165) is 28.6 Å². The number of hydrogen-bond acceptors (Lipinski definition) is 2. The monoisotopic (exact) mass is 274 g/mol. The second-order valence-electron chi connectivity index (χ2n) is 6.71. The predicted molar refractivity (Wildman–Crippen MR) is 76.2 cm³/mol. The molecular formula is C13H30N4O2+2. The number of primary amides is 1. The number of carbonyl (C=O) groups is 2. The van der Waals surface area contributed by atoms with Gasteiger partial charge in [0.15, 0.2) is 0 Å². The van der Waals surface area contributed by atoms with Gasteiger partial charge < -0.3 is 20.0 Å². The van der Waals surface area contributed by atoms with Crippen LogP contribution in [0.3, 0.4) is 0 Å². The molecule has 0 aromatic carbocycles. The first kappa shape index (κ1) is 17.9. The molecule has 0 bridgehead atoms. The van der Waals surface area contributed by atoms with Crippen molar-refractivity contribution in [3.63, 3.8) is 0 Å². The molecule has 3 N–H and O–H groups in total. The van der Waals surface area contributed by atoms with Gasteiger partial charge in [-0.3, -0.25) is 9.59 Å². The maximum atomic E-state index is 11.4. The van der Waals surface area contributed by atoms with Crippen LogP contribution in [0.25, 0.3) is 0 Å². The number of quaternary nitrogens is 2. The van der Waals surface area contributed by atoms with Gasteiger partial charge in [0.05, 0.1) is 48.3 Å². The number of hydrogen-bond donors (Lipinski definition) is 2. The molecule has 6 heteroatoms. The normalized spacial score (nSPS) is 12.3. The van der Waals surface area contributed by atoms with E-state index in [9.17, 15) is 9.59 Å². The van der Waals surface area contributed by atoms with Gasteiger partial charge in [0.25, 0.3) is 0 Å². The van der Waals surface area contributed by atoms with Gasteiger partial charge in [-0.2, -0.15) is 0 Å². The molecule has 19 heavy (non-hydrogen) atoms. The van der Waals surface area contributed by atoms with Gasteiger partial charge >= 0.3 is 0 Å². The van der Waals surface area contributed by atoms with Crippen molar-refractivity contribution in [2.24, 2.45) is 5.73 Å². The minimum Gasteiger partial charge on any atom is -0.370 e. The molecule has 0 aromatic heterocycles. The fourth-order valence-corrected chi connectivity index (χ4v) is 1.51. The minimum atomic E-state index is -0.436. The summed E-state index contributed by atoms with van der Waals surface area (Å²) in [4.78, 5) is 22.0. The molecule has 0 spiro atoms. The SMILES string of the molecule is C[N+](C)(C)CC[N+](C)(C)CCNC(=O)CCC(N)=O. The first-order chi connectivity index (χ1) is 8.52. The second-order valence-corrected chi connectivity index (χ2v) is 6.71. The van der Waals surface area contributed by atoms with E-state index in [1.165, 1.54) is 0 Å². The second kappa shape index (κ2) is 7.45. The topological polar surface area (TPSA) is 72.2 Å². The minimum absolute atomic E-state index is 0.106. The Bertz CT molecular complexity index is 308. The Morgan fingerprint density at radius 2 is 1.53 bits per heavy atom. The highest BCUT2D eigenvalue weighted by molar-refractivity contribution is 5.82. The zero-order valence-corrected chi connectivity index (χ0v) is 13.0. The van der Waals surface area contributed by atoms with E-state index < -0.39 is 5.91 Å². The van der Waals surface area contributed by atoms with Crippen molar-refractivity contribution in [2.45, 2.75) is 12.8 Å². The average molecular weight is 274 g/mol. The molecule has 0 atom stereocenters. The molecule has 0 fully saturated rings. The van der Waals surface area contributed by atoms with Crippen molar-refractivity contribution < 1.29 is 18.6 Å². The lowest BCUT2D eigenvalue weighted by Crippen LogP contribution is -2.51. The highest BCUT2D eigenvalue weighted by atomic mass is 16.2. The Morgan fingerprint density at radius 3 is 2.00 bits per heavy atom. The fourth-order valence-electron chi connectivity index (χ4n) is 1.51. The summed E-state index contributed by atoms with van der Waals surface area (Å²) in [5.41, 5.74) is 5.00. The molecule has 0 aliphatic carbocycles. The van der Waals surface area contributed by atoms with Crippen LogP contribution >= 0.6 is 0 Å². The number of nitrogens with one attached hydrogen (secondary N) is 1. The number of carbonyl (C=O) groups excluding carboxylic acids is 2. The summed E-state index contributed by atoms with van der Waals surface area (Å²) in [5.74, 6) is -0.542. The van der Waals surface area contributed by atoms with Crippen molar-refractivity contribution in [2.75, 3.05) is 61.4 Å². The Morgan fingerprint density at radius 1 is 0.947 bits per heavy atom. The zero-order chi connectivity index (χ0) is 15.1. The summed E-state index contributed by atoms with van der Waals surface area (Å²) < 4.78 is 1.80. The van der Waals surface area contributed by atoms with Crippen LogP contribution in [0.4, 0.5) is 0 Å². The van der Waals surface area contributed by atoms with E-state index in [1.807, 2.05) is 0 Å². The smallest absolute Gasteiger partial charge is 0.220 e. The Balaban J connectivity index is 3.85. The van der Waals surface area contributed by atoms with Gasteiger partial charge in [0.2, 0.25) is 11.8 Å². The van der Waals surface area contributed by atoms with Gasteiger partial charge in [0.1, 0.15) is 13.1 Å². The van der Waals surface area contributed by atoms with E-state index in [2.05, 4.69) is 40.6 Å². The van der Waals surface area contributed by atoms with Crippen molar-refractivity contribution in [3.8, 4) is 0 Å². The Kier molecular flexibility index (Phi) is 7.00. The van der Waals surface area contributed by atoms with Gasteiger partial charge in [-0.05, 0) is 0 Å². The van der Waals surface area contributed by atoms with Gasteiger partial charge in [-0.1, -0.05) is 0 Å². The molecule has 0 saturated heterocycles. The molecule has 0 aromatic rings. The lowest BCUT2D eigenvalue weighted by molar-refractivity contribution is -0.936. The van der Waals surface area contributed by atoms with Crippen LogP contribution in [-0.2, 0) is 9.59 Å². The largest absolute Gasteiger partial charge is 0.370 e. The third-order valence-corrected chi connectivity index (χ3v) is 3.01. The molecule has 0 aliphatic heterocycles. The number of rotatable bonds is 9. The zero-order valence-electron chi connectivity index (χ0n) is 13.0. The van der Waals surface area contributed by atoms with Crippen LogP contribution in [0.1, 0.15) is 12.8 Å². The van der Waals surface area contributed by atoms with Crippen LogP contribution in [0, 0.1) is 0 Å². The van der Waals surface area contributed by atoms with Crippen LogP contribution in [0.2, 0.25) is 0 Å². The van der Waals surface area contributed by atoms with E-state index in [4.69, 9.17) is 5.73 Å². The van der Waals surface area contributed by atoms with Gasteiger partial charge in [-0.15, -0.1) is 0 Å². The third-order valence-electron chi connectivity index (χ3n) is 3.01. The lowest BCUT2D eigenvalue weighted by Gasteiger charge is -2.33. The molecule has 0 radical (unpaired) electrons. The highest BCUT2D eigenvalue weighted by Gasteiger charge is 2.19. The molecule has 0 unspecified atom stereocenters. The summed E-state index contributed by atoms with van der Waals surface area (Å²) >= 11 is 0.